The number of nitrogens with zero attached hydrogens (tertiary/aromatic N) is 1. The second-order valence-corrected chi connectivity index (χ2v) is 7.59. The maximum absolute atomic E-state index is 13.0. The van der Waals surface area contributed by atoms with Crippen LogP contribution in [0.2, 0.25) is 0 Å². The van der Waals surface area contributed by atoms with Gasteiger partial charge in [-0.2, -0.15) is 0 Å². The van der Waals surface area contributed by atoms with Crippen LogP contribution in [-0.2, 0) is 14.3 Å². The van der Waals surface area contributed by atoms with E-state index < -0.39 is 12.0 Å². The van der Waals surface area contributed by atoms with Gasteiger partial charge in [0.2, 0.25) is 0 Å². The number of thiocarbonyl (C=S) groups is 1. The summed E-state index contributed by atoms with van der Waals surface area (Å²) in [7, 11) is 1.55. The molecule has 168 valence electrons. The van der Waals surface area contributed by atoms with Gasteiger partial charge < -0.3 is 25.0 Å². The molecule has 1 aliphatic rings. The van der Waals surface area contributed by atoms with E-state index in [1.54, 1.807) is 25.3 Å². The number of ether oxygens (including phenoxy) is 2. The fraction of sp³-hybridized carbons (Fsp3) is 0.292. The molecule has 0 bridgehead atoms. The first-order valence-corrected chi connectivity index (χ1v) is 10.8. The lowest BCUT2D eigenvalue weighted by molar-refractivity contribution is -0.140. The number of amides is 1. The van der Waals surface area contributed by atoms with Crippen LogP contribution in [0.5, 0.6) is 0 Å². The highest BCUT2D eigenvalue weighted by atomic mass is 32.1. The molecular formula is C24H27N3O4S. The first kappa shape index (κ1) is 23.4. The topological polar surface area (TPSA) is 79.9 Å². The summed E-state index contributed by atoms with van der Waals surface area (Å²) in [5.74, 6) is -0.644. The molecule has 7 nitrogen and oxygen atoms in total. The second kappa shape index (κ2) is 10.9. The number of hydrogen-bond acceptors (Lipinski definition) is 5. The van der Waals surface area contributed by atoms with Crippen molar-refractivity contribution in [1.82, 2.24) is 10.2 Å². The van der Waals surface area contributed by atoms with Crippen molar-refractivity contribution in [1.29, 1.82) is 0 Å². The number of carbonyl (C=O) groups excluding carboxylic acids is 2. The number of anilines is 1. The predicted molar refractivity (Wildman–Crippen MR) is 127 cm³/mol. The van der Waals surface area contributed by atoms with Gasteiger partial charge in [0.25, 0.3) is 5.91 Å². The van der Waals surface area contributed by atoms with E-state index in [2.05, 4.69) is 10.6 Å². The van der Waals surface area contributed by atoms with Gasteiger partial charge >= 0.3 is 5.97 Å². The molecule has 0 fully saturated rings. The number of benzene rings is 2. The number of esters is 1. The molecule has 2 N–H and O–H groups in total. The Bertz CT molecular complexity index is 1020. The zero-order valence-corrected chi connectivity index (χ0v) is 19.2. The molecule has 2 aromatic rings. The minimum Gasteiger partial charge on any atom is -0.460 e. The van der Waals surface area contributed by atoms with Gasteiger partial charge in [-0.3, -0.25) is 4.79 Å². The van der Waals surface area contributed by atoms with E-state index in [-0.39, 0.29) is 12.5 Å². The number of allylic oxidation sites excluding steroid dienone is 1. The zero-order chi connectivity index (χ0) is 23.1. The third kappa shape index (κ3) is 5.33. The molecule has 32 heavy (non-hydrogen) atoms. The molecule has 1 atom stereocenters. The second-order valence-electron chi connectivity index (χ2n) is 7.20. The number of nitrogens with one attached hydrogen (secondary N) is 2. The molecule has 1 amide bonds. The lowest BCUT2D eigenvalue weighted by Gasteiger charge is -2.37. The number of rotatable bonds is 8. The smallest absolute Gasteiger partial charge is 0.338 e. The Morgan fingerprint density at radius 3 is 2.56 bits per heavy atom. The molecule has 0 unspecified atom stereocenters. The van der Waals surface area contributed by atoms with Crippen molar-refractivity contribution in [3.8, 4) is 0 Å². The van der Waals surface area contributed by atoms with Crippen LogP contribution in [0.1, 0.15) is 35.8 Å². The van der Waals surface area contributed by atoms with E-state index in [0.29, 0.717) is 35.1 Å². The summed E-state index contributed by atoms with van der Waals surface area (Å²) in [6.07, 6.45) is 0. The van der Waals surface area contributed by atoms with Crippen LogP contribution in [0.4, 0.5) is 5.69 Å². The van der Waals surface area contributed by atoms with E-state index in [1.807, 2.05) is 55.1 Å². The molecule has 0 aromatic heterocycles. The molecule has 0 aliphatic carbocycles. The molecule has 1 aliphatic heterocycles. The molecule has 0 spiro atoms. The van der Waals surface area contributed by atoms with E-state index in [4.69, 9.17) is 21.7 Å². The van der Waals surface area contributed by atoms with Crippen molar-refractivity contribution in [2.24, 2.45) is 0 Å². The standard InChI is InChI=1S/C24H27N3O4S/c1-4-27-16(2)20(23(29)31-14-13-30-3)21(26-24(27)32)18-11-8-12-19(15-18)25-22(28)17-9-6-5-7-10-17/h5-12,15,21H,4,13-14H2,1-3H3,(H,25,28)(H,26,32)/t21-/m0/s1. The average molecular weight is 454 g/mol. The predicted octanol–water partition coefficient (Wildman–Crippen LogP) is 3.65. The first-order valence-electron chi connectivity index (χ1n) is 10.4. The van der Waals surface area contributed by atoms with Gasteiger partial charge in [-0.1, -0.05) is 30.3 Å². The summed E-state index contributed by atoms with van der Waals surface area (Å²) < 4.78 is 10.4. The number of methoxy groups -OCH3 is 1. The molecule has 0 saturated carbocycles. The zero-order valence-electron chi connectivity index (χ0n) is 18.4. The first-order chi connectivity index (χ1) is 15.5. The van der Waals surface area contributed by atoms with Crippen LogP contribution in [-0.4, -0.2) is 48.8 Å². The summed E-state index contributed by atoms with van der Waals surface area (Å²) in [5.41, 5.74) is 3.18. The molecule has 1 heterocycles. The summed E-state index contributed by atoms with van der Waals surface area (Å²) in [5, 5.41) is 6.69. The van der Waals surface area contributed by atoms with Gasteiger partial charge in [-0.25, -0.2) is 4.79 Å². The average Bonchev–Trinajstić information content (AvgIpc) is 2.79. The highest BCUT2D eigenvalue weighted by Crippen LogP contribution is 2.32. The monoisotopic (exact) mass is 453 g/mol. The van der Waals surface area contributed by atoms with Crippen LogP contribution in [0.3, 0.4) is 0 Å². The number of carbonyl (C=O) groups is 2. The lowest BCUT2D eigenvalue weighted by atomic mass is 9.94. The lowest BCUT2D eigenvalue weighted by Crippen LogP contribution is -2.47. The normalized spacial score (nSPS) is 15.9. The minimum absolute atomic E-state index is 0.155. The third-order valence-corrected chi connectivity index (χ3v) is 5.51. The highest BCUT2D eigenvalue weighted by Gasteiger charge is 2.34. The van der Waals surface area contributed by atoms with Gasteiger partial charge in [0.05, 0.1) is 18.2 Å². The Morgan fingerprint density at radius 1 is 1.12 bits per heavy atom. The fourth-order valence-corrected chi connectivity index (χ4v) is 3.94. The summed E-state index contributed by atoms with van der Waals surface area (Å²) in [6, 6.07) is 15.8. The van der Waals surface area contributed by atoms with Crippen molar-refractivity contribution in [3.05, 3.63) is 77.0 Å². The Kier molecular flexibility index (Phi) is 7.97. The summed E-state index contributed by atoms with van der Waals surface area (Å²) in [4.78, 5) is 27.4. The van der Waals surface area contributed by atoms with Crippen molar-refractivity contribution in [3.63, 3.8) is 0 Å². The van der Waals surface area contributed by atoms with Gasteiger partial charge in [-0.15, -0.1) is 0 Å². The van der Waals surface area contributed by atoms with Gasteiger partial charge in [0.1, 0.15) is 6.61 Å². The largest absolute Gasteiger partial charge is 0.460 e. The number of hydrogen-bond donors (Lipinski definition) is 2. The molecule has 0 radical (unpaired) electrons. The van der Waals surface area contributed by atoms with Crippen molar-refractivity contribution in [2.75, 3.05) is 32.2 Å². The molecule has 8 heteroatoms. The quantitative estimate of drug-likeness (QED) is 0.359. The van der Waals surface area contributed by atoms with Crippen molar-refractivity contribution >= 4 is 34.9 Å². The van der Waals surface area contributed by atoms with Crippen molar-refractivity contribution in [2.45, 2.75) is 19.9 Å². The Labute approximate surface area is 193 Å². The SMILES string of the molecule is CCN1C(=S)N[C@@H](c2cccc(NC(=O)c3ccccc3)c2)C(C(=O)OCCOC)=C1C. The summed E-state index contributed by atoms with van der Waals surface area (Å²) in [6.45, 7) is 4.91. The fourth-order valence-electron chi connectivity index (χ4n) is 3.56. The van der Waals surface area contributed by atoms with Gasteiger partial charge in [0, 0.05) is 30.6 Å². The van der Waals surface area contributed by atoms with Crippen LogP contribution >= 0.6 is 12.2 Å². The van der Waals surface area contributed by atoms with Crippen LogP contribution in [0.25, 0.3) is 0 Å². The molecule has 0 saturated heterocycles. The van der Waals surface area contributed by atoms with Crippen LogP contribution < -0.4 is 10.6 Å². The van der Waals surface area contributed by atoms with Crippen LogP contribution in [0.15, 0.2) is 65.9 Å². The Hall–Kier alpha value is -3.23. The Balaban J connectivity index is 1.91. The molecule has 3 rings (SSSR count). The van der Waals surface area contributed by atoms with E-state index in [1.165, 1.54) is 0 Å². The van der Waals surface area contributed by atoms with Crippen LogP contribution in [0, 0.1) is 0 Å². The molecular weight excluding hydrogens is 426 g/mol. The minimum atomic E-state index is -0.506. The van der Waals surface area contributed by atoms with E-state index in [0.717, 1.165) is 11.3 Å². The van der Waals surface area contributed by atoms with Gasteiger partial charge in [0.15, 0.2) is 5.11 Å². The molecule has 2 aromatic carbocycles. The highest BCUT2D eigenvalue weighted by molar-refractivity contribution is 7.80. The maximum Gasteiger partial charge on any atom is 0.338 e. The van der Waals surface area contributed by atoms with E-state index >= 15 is 0 Å². The van der Waals surface area contributed by atoms with Gasteiger partial charge in [-0.05, 0) is 55.9 Å². The van der Waals surface area contributed by atoms with E-state index in [9.17, 15) is 9.59 Å². The Morgan fingerprint density at radius 2 is 1.88 bits per heavy atom. The summed E-state index contributed by atoms with van der Waals surface area (Å²) >= 11 is 5.53. The maximum atomic E-state index is 13.0. The van der Waals surface area contributed by atoms with Crippen molar-refractivity contribution < 1.29 is 19.1 Å². The third-order valence-electron chi connectivity index (χ3n) is 5.17.